The molecule has 0 aliphatic rings. The summed E-state index contributed by atoms with van der Waals surface area (Å²) in [5, 5.41) is 0. The van der Waals surface area contributed by atoms with Gasteiger partial charge in [-0.15, -0.1) is 0 Å². The maximum atomic E-state index is 4.16. The van der Waals surface area contributed by atoms with Crippen LogP contribution in [-0.2, 0) is 0 Å². The van der Waals surface area contributed by atoms with Crippen LogP contribution in [0, 0.1) is 0 Å². The summed E-state index contributed by atoms with van der Waals surface area (Å²) >= 11 is 0. The molecule has 0 bridgehead atoms. The quantitative estimate of drug-likeness (QED) is 0.531. The predicted molar refractivity (Wildman–Crippen MR) is 46.9 cm³/mol. The Hall–Kier alpha value is -0.920. The monoisotopic (exact) mass is 138 g/mol. The summed E-state index contributed by atoms with van der Waals surface area (Å²) in [5.74, 6) is 0. The molecular weight excluding hydrogens is 124 g/mol. The van der Waals surface area contributed by atoms with E-state index in [1.165, 1.54) is 6.20 Å². The minimum atomic E-state index is 0.399. The van der Waals surface area contributed by atoms with Crippen molar-refractivity contribution in [2.24, 2.45) is 9.98 Å². The van der Waals surface area contributed by atoms with Gasteiger partial charge in [0, 0.05) is 24.7 Å². The van der Waals surface area contributed by atoms with Gasteiger partial charge in [-0.3, -0.25) is 9.98 Å². The van der Waals surface area contributed by atoms with Crippen LogP contribution in [0.4, 0.5) is 0 Å². The SMILES string of the molecule is C=CN=CC=NC(C)CC. The van der Waals surface area contributed by atoms with E-state index in [2.05, 4.69) is 30.4 Å². The van der Waals surface area contributed by atoms with Crippen molar-refractivity contribution in [2.75, 3.05) is 0 Å². The lowest BCUT2D eigenvalue weighted by Gasteiger charge is -1.96. The van der Waals surface area contributed by atoms with Crippen LogP contribution in [0.15, 0.2) is 22.8 Å². The van der Waals surface area contributed by atoms with Gasteiger partial charge in [0.2, 0.25) is 0 Å². The van der Waals surface area contributed by atoms with Gasteiger partial charge in [-0.25, -0.2) is 0 Å². The number of hydrogen-bond donors (Lipinski definition) is 0. The van der Waals surface area contributed by atoms with Crippen LogP contribution in [0.1, 0.15) is 20.3 Å². The average Bonchev–Trinajstić information content (AvgIpc) is 1.98. The second kappa shape index (κ2) is 6.20. The van der Waals surface area contributed by atoms with Crippen molar-refractivity contribution in [3.8, 4) is 0 Å². The maximum Gasteiger partial charge on any atom is 0.0469 e. The molecule has 0 rings (SSSR count). The first-order chi connectivity index (χ1) is 4.81. The van der Waals surface area contributed by atoms with Gasteiger partial charge in [-0.1, -0.05) is 13.5 Å². The molecule has 1 unspecified atom stereocenters. The third kappa shape index (κ3) is 5.22. The topological polar surface area (TPSA) is 24.7 Å². The van der Waals surface area contributed by atoms with E-state index in [0.29, 0.717) is 6.04 Å². The number of rotatable bonds is 4. The van der Waals surface area contributed by atoms with Gasteiger partial charge in [-0.05, 0) is 13.3 Å². The summed E-state index contributed by atoms with van der Waals surface area (Å²) in [4.78, 5) is 7.93. The van der Waals surface area contributed by atoms with Crippen LogP contribution in [0.25, 0.3) is 0 Å². The summed E-state index contributed by atoms with van der Waals surface area (Å²) in [7, 11) is 0. The highest BCUT2D eigenvalue weighted by molar-refractivity contribution is 6.16. The Morgan fingerprint density at radius 1 is 1.50 bits per heavy atom. The molecule has 56 valence electrons. The number of aliphatic imine (C=N–C) groups is 2. The van der Waals surface area contributed by atoms with Crippen LogP contribution in [-0.4, -0.2) is 18.5 Å². The first-order valence-corrected chi connectivity index (χ1v) is 3.47. The summed E-state index contributed by atoms with van der Waals surface area (Å²) in [6, 6.07) is 0.399. The van der Waals surface area contributed by atoms with E-state index >= 15 is 0 Å². The smallest absolute Gasteiger partial charge is 0.0469 e. The molecule has 0 saturated heterocycles. The van der Waals surface area contributed by atoms with E-state index in [-0.39, 0.29) is 0 Å². The van der Waals surface area contributed by atoms with E-state index in [0.717, 1.165) is 6.42 Å². The first kappa shape index (κ1) is 9.08. The Bertz CT molecular complexity index is 136. The highest BCUT2D eigenvalue weighted by Crippen LogP contribution is 1.91. The zero-order valence-corrected chi connectivity index (χ0v) is 6.62. The van der Waals surface area contributed by atoms with E-state index < -0.39 is 0 Å². The molecule has 1 atom stereocenters. The fourth-order valence-corrected chi connectivity index (χ4v) is 0.390. The molecule has 0 aromatic carbocycles. The average molecular weight is 138 g/mol. The van der Waals surface area contributed by atoms with Gasteiger partial charge < -0.3 is 0 Å². The Balaban J connectivity index is 3.54. The van der Waals surface area contributed by atoms with Crippen LogP contribution in [0.5, 0.6) is 0 Å². The van der Waals surface area contributed by atoms with Crippen LogP contribution >= 0.6 is 0 Å². The highest BCUT2D eigenvalue weighted by Gasteiger charge is 1.87. The van der Waals surface area contributed by atoms with Crippen molar-refractivity contribution >= 4 is 12.4 Å². The third-order valence-corrected chi connectivity index (χ3v) is 1.19. The maximum absolute atomic E-state index is 4.16. The molecule has 0 spiro atoms. The molecule has 0 radical (unpaired) electrons. The fraction of sp³-hybridized carbons (Fsp3) is 0.500. The van der Waals surface area contributed by atoms with Crippen molar-refractivity contribution in [3.05, 3.63) is 12.8 Å². The van der Waals surface area contributed by atoms with Crippen molar-refractivity contribution in [2.45, 2.75) is 26.3 Å². The summed E-state index contributed by atoms with van der Waals surface area (Å²) in [5.41, 5.74) is 0. The van der Waals surface area contributed by atoms with E-state index in [4.69, 9.17) is 0 Å². The Morgan fingerprint density at radius 3 is 2.70 bits per heavy atom. The lowest BCUT2D eigenvalue weighted by Crippen LogP contribution is -1.94. The molecule has 2 heteroatoms. The van der Waals surface area contributed by atoms with E-state index in [9.17, 15) is 0 Å². The van der Waals surface area contributed by atoms with Gasteiger partial charge in [0.25, 0.3) is 0 Å². The van der Waals surface area contributed by atoms with Crippen LogP contribution in [0.2, 0.25) is 0 Å². The lowest BCUT2D eigenvalue weighted by atomic mass is 10.3. The molecule has 0 saturated carbocycles. The molecule has 0 aliphatic heterocycles. The van der Waals surface area contributed by atoms with Gasteiger partial charge in [-0.2, -0.15) is 0 Å². The third-order valence-electron chi connectivity index (χ3n) is 1.19. The largest absolute Gasteiger partial charge is 0.289 e. The zero-order chi connectivity index (χ0) is 7.82. The molecule has 0 fully saturated rings. The summed E-state index contributed by atoms with van der Waals surface area (Å²) in [6.45, 7) is 7.61. The molecular formula is C8H14N2. The molecule has 0 heterocycles. The highest BCUT2D eigenvalue weighted by atomic mass is 14.8. The first-order valence-electron chi connectivity index (χ1n) is 3.47. The Labute approximate surface area is 62.4 Å². The minimum Gasteiger partial charge on any atom is -0.289 e. The van der Waals surface area contributed by atoms with Gasteiger partial charge in [0.1, 0.15) is 0 Å². The number of hydrogen-bond acceptors (Lipinski definition) is 2. The van der Waals surface area contributed by atoms with Crippen molar-refractivity contribution in [3.63, 3.8) is 0 Å². The molecule has 0 amide bonds. The zero-order valence-electron chi connectivity index (χ0n) is 6.62. The van der Waals surface area contributed by atoms with Crippen LogP contribution in [0.3, 0.4) is 0 Å². The fourth-order valence-electron chi connectivity index (χ4n) is 0.390. The Kier molecular flexibility index (Phi) is 5.63. The van der Waals surface area contributed by atoms with E-state index in [1.807, 2.05) is 0 Å². The van der Waals surface area contributed by atoms with Crippen LogP contribution < -0.4 is 0 Å². The summed E-state index contributed by atoms with van der Waals surface area (Å²) in [6.07, 6.45) is 5.90. The summed E-state index contributed by atoms with van der Waals surface area (Å²) < 4.78 is 0. The normalized spacial score (nSPS) is 14.6. The second-order valence-electron chi connectivity index (χ2n) is 2.04. The minimum absolute atomic E-state index is 0.399. The van der Waals surface area contributed by atoms with Crippen molar-refractivity contribution in [1.82, 2.24) is 0 Å². The lowest BCUT2D eigenvalue weighted by molar-refractivity contribution is 0.721. The van der Waals surface area contributed by atoms with E-state index in [1.54, 1.807) is 12.4 Å². The number of nitrogens with zero attached hydrogens (tertiary/aromatic N) is 2. The molecule has 2 nitrogen and oxygen atoms in total. The molecule has 0 N–H and O–H groups in total. The van der Waals surface area contributed by atoms with Gasteiger partial charge >= 0.3 is 0 Å². The predicted octanol–water partition coefficient (Wildman–Crippen LogP) is 2.07. The van der Waals surface area contributed by atoms with Crippen molar-refractivity contribution < 1.29 is 0 Å². The second-order valence-corrected chi connectivity index (χ2v) is 2.04. The molecule has 0 aromatic heterocycles. The van der Waals surface area contributed by atoms with Crippen molar-refractivity contribution in [1.29, 1.82) is 0 Å². The molecule has 0 aliphatic carbocycles. The standard InChI is InChI=1S/C8H14N2/c1-4-8(3)10-7-6-9-5-2/h5-8H,2,4H2,1,3H3. The molecule has 0 aromatic rings. The van der Waals surface area contributed by atoms with Gasteiger partial charge in [0.05, 0.1) is 0 Å². The van der Waals surface area contributed by atoms with Gasteiger partial charge in [0.15, 0.2) is 0 Å². The Morgan fingerprint density at radius 2 is 2.20 bits per heavy atom. The molecule has 10 heavy (non-hydrogen) atoms.